The maximum absolute atomic E-state index is 6.04. The van der Waals surface area contributed by atoms with Crippen LogP contribution in [0.1, 0.15) is 19.8 Å². The molecule has 0 amide bonds. The van der Waals surface area contributed by atoms with Crippen LogP contribution >= 0.6 is 27.5 Å². The summed E-state index contributed by atoms with van der Waals surface area (Å²) in [6.45, 7) is 2.71. The fourth-order valence-electron chi connectivity index (χ4n) is 1.28. The van der Waals surface area contributed by atoms with Gasteiger partial charge < -0.3 is 10.5 Å². The van der Waals surface area contributed by atoms with E-state index >= 15 is 0 Å². The van der Waals surface area contributed by atoms with E-state index < -0.39 is 0 Å². The maximum atomic E-state index is 6.04. The van der Waals surface area contributed by atoms with Crippen LogP contribution in [0, 0.1) is 0 Å². The van der Waals surface area contributed by atoms with Gasteiger partial charge in [-0.2, -0.15) is 0 Å². The van der Waals surface area contributed by atoms with E-state index in [2.05, 4.69) is 22.9 Å². The van der Waals surface area contributed by atoms with Crippen molar-refractivity contribution in [3.05, 3.63) is 27.7 Å². The van der Waals surface area contributed by atoms with Crippen LogP contribution in [0.25, 0.3) is 0 Å². The summed E-state index contributed by atoms with van der Waals surface area (Å²) in [7, 11) is 0. The lowest BCUT2D eigenvalue weighted by atomic mass is 10.2. The number of hydrogen-bond donors (Lipinski definition) is 1. The summed E-state index contributed by atoms with van der Waals surface area (Å²) in [4.78, 5) is 0. The summed E-state index contributed by atoms with van der Waals surface area (Å²) in [6.07, 6.45) is 1.93. The van der Waals surface area contributed by atoms with Crippen molar-refractivity contribution in [3.63, 3.8) is 0 Å². The Kier molecular flexibility index (Phi) is 5.43. The lowest BCUT2D eigenvalue weighted by Crippen LogP contribution is -2.19. The third-order valence-corrected chi connectivity index (χ3v) is 2.92. The summed E-state index contributed by atoms with van der Waals surface area (Å²) in [5.41, 5.74) is 5.50. The molecule has 15 heavy (non-hydrogen) atoms. The first-order valence-electron chi connectivity index (χ1n) is 4.99. The zero-order chi connectivity index (χ0) is 11.3. The first-order valence-corrected chi connectivity index (χ1v) is 6.16. The van der Waals surface area contributed by atoms with Crippen molar-refractivity contribution in [2.75, 3.05) is 6.54 Å². The van der Waals surface area contributed by atoms with Crippen molar-refractivity contribution in [2.24, 2.45) is 5.73 Å². The average molecular weight is 293 g/mol. The second-order valence-corrected chi connectivity index (χ2v) is 4.62. The van der Waals surface area contributed by atoms with Crippen LogP contribution in [0.2, 0.25) is 5.02 Å². The van der Waals surface area contributed by atoms with Gasteiger partial charge in [0.25, 0.3) is 0 Å². The Bertz CT molecular complexity index is 319. The van der Waals surface area contributed by atoms with Gasteiger partial charge >= 0.3 is 0 Å². The molecule has 0 fully saturated rings. The minimum absolute atomic E-state index is 0.147. The van der Waals surface area contributed by atoms with Gasteiger partial charge in [-0.3, -0.25) is 0 Å². The monoisotopic (exact) mass is 291 g/mol. The van der Waals surface area contributed by atoms with Crippen LogP contribution in [0.15, 0.2) is 22.7 Å². The van der Waals surface area contributed by atoms with E-state index in [1.54, 1.807) is 0 Å². The predicted molar refractivity (Wildman–Crippen MR) is 67.5 cm³/mol. The molecule has 84 valence electrons. The number of benzene rings is 1. The summed E-state index contributed by atoms with van der Waals surface area (Å²) in [6, 6.07) is 5.61. The Morgan fingerprint density at radius 2 is 2.27 bits per heavy atom. The molecule has 0 saturated carbocycles. The molecule has 0 aliphatic heterocycles. The molecule has 0 bridgehead atoms. The van der Waals surface area contributed by atoms with Gasteiger partial charge in [0, 0.05) is 4.47 Å². The highest BCUT2D eigenvalue weighted by molar-refractivity contribution is 9.10. The highest BCUT2D eigenvalue weighted by atomic mass is 79.9. The second-order valence-electron chi connectivity index (χ2n) is 3.30. The first kappa shape index (κ1) is 12.8. The topological polar surface area (TPSA) is 35.2 Å². The Morgan fingerprint density at radius 1 is 1.53 bits per heavy atom. The quantitative estimate of drug-likeness (QED) is 0.900. The van der Waals surface area contributed by atoms with Crippen molar-refractivity contribution in [1.29, 1.82) is 0 Å². The summed E-state index contributed by atoms with van der Waals surface area (Å²) >= 11 is 9.39. The number of rotatable bonds is 5. The van der Waals surface area contributed by atoms with Crippen LogP contribution in [-0.4, -0.2) is 12.6 Å². The van der Waals surface area contributed by atoms with Crippen molar-refractivity contribution in [1.82, 2.24) is 0 Å². The Labute approximate surface area is 104 Å². The molecule has 1 atom stereocenters. The van der Waals surface area contributed by atoms with Crippen LogP contribution in [0.4, 0.5) is 0 Å². The fraction of sp³-hybridized carbons (Fsp3) is 0.455. The number of nitrogens with two attached hydrogens (primary N) is 1. The number of halogens is 2. The van der Waals surface area contributed by atoms with Gasteiger partial charge in [-0.05, 0) is 37.6 Å². The van der Waals surface area contributed by atoms with Gasteiger partial charge in [-0.25, -0.2) is 0 Å². The first-order chi connectivity index (χ1) is 7.17. The van der Waals surface area contributed by atoms with E-state index in [1.807, 2.05) is 18.2 Å². The average Bonchev–Trinajstić information content (AvgIpc) is 2.21. The maximum Gasteiger partial charge on any atom is 0.138 e. The third kappa shape index (κ3) is 4.01. The van der Waals surface area contributed by atoms with Crippen molar-refractivity contribution in [2.45, 2.75) is 25.9 Å². The molecule has 4 heteroatoms. The Morgan fingerprint density at radius 3 is 2.80 bits per heavy atom. The lowest BCUT2D eigenvalue weighted by Gasteiger charge is -2.17. The molecule has 0 aliphatic rings. The number of hydrogen-bond acceptors (Lipinski definition) is 2. The van der Waals surface area contributed by atoms with Crippen molar-refractivity contribution in [3.8, 4) is 5.75 Å². The van der Waals surface area contributed by atoms with E-state index in [0.29, 0.717) is 11.6 Å². The van der Waals surface area contributed by atoms with Crippen LogP contribution in [-0.2, 0) is 0 Å². The normalized spacial score (nSPS) is 12.5. The zero-order valence-corrected chi connectivity index (χ0v) is 11.0. The molecule has 1 rings (SSSR count). The van der Waals surface area contributed by atoms with E-state index in [4.69, 9.17) is 22.1 Å². The van der Waals surface area contributed by atoms with Gasteiger partial charge in [0.1, 0.15) is 5.75 Å². The van der Waals surface area contributed by atoms with Gasteiger partial charge in [-0.1, -0.05) is 34.5 Å². The molecule has 1 unspecified atom stereocenters. The van der Waals surface area contributed by atoms with Crippen LogP contribution < -0.4 is 10.5 Å². The third-order valence-electron chi connectivity index (χ3n) is 2.13. The standard InChI is InChI=1S/C11H15BrClNO/c1-2-9(5-6-14)15-11-4-3-8(12)7-10(11)13/h3-4,7,9H,2,5-6,14H2,1H3. The largest absolute Gasteiger partial charge is 0.489 e. The van der Waals surface area contributed by atoms with E-state index in [0.717, 1.165) is 23.1 Å². The smallest absolute Gasteiger partial charge is 0.138 e. The minimum Gasteiger partial charge on any atom is -0.489 e. The SMILES string of the molecule is CCC(CCN)Oc1ccc(Br)cc1Cl. The molecular formula is C11H15BrClNO. The predicted octanol–water partition coefficient (Wildman–Crippen LogP) is 3.61. The highest BCUT2D eigenvalue weighted by Crippen LogP contribution is 2.29. The van der Waals surface area contributed by atoms with Crippen molar-refractivity contribution >= 4 is 27.5 Å². The highest BCUT2D eigenvalue weighted by Gasteiger charge is 2.09. The van der Waals surface area contributed by atoms with Crippen LogP contribution in [0.5, 0.6) is 5.75 Å². The molecule has 2 nitrogen and oxygen atoms in total. The molecular weight excluding hydrogens is 277 g/mol. The lowest BCUT2D eigenvalue weighted by molar-refractivity contribution is 0.189. The van der Waals surface area contributed by atoms with E-state index in [1.165, 1.54) is 0 Å². The van der Waals surface area contributed by atoms with E-state index in [9.17, 15) is 0 Å². The van der Waals surface area contributed by atoms with Gasteiger partial charge in [0.05, 0.1) is 11.1 Å². The van der Waals surface area contributed by atoms with Gasteiger partial charge in [0.2, 0.25) is 0 Å². The molecule has 1 aromatic carbocycles. The molecule has 0 aliphatic carbocycles. The molecule has 0 radical (unpaired) electrons. The zero-order valence-electron chi connectivity index (χ0n) is 8.67. The Hall–Kier alpha value is -0.250. The van der Waals surface area contributed by atoms with Crippen molar-refractivity contribution < 1.29 is 4.74 Å². The summed E-state index contributed by atoms with van der Waals surface area (Å²) in [5, 5.41) is 0.625. The fourth-order valence-corrected chi connectivity index (χ4v) is 2.00. The molecule has 1 aromatic rings. The Balaban J connectivity index is 2.70. The number of ether oxygens (including phenoxy) is 1. The summed E-state index contributed by atoms with van der Waals surface area (Å²) < 4.78 is 6.71. The molecule has 2 N–H and O–H groups in total. The van der Waals surface area contributed by atoms with Gasteiger partial charge in [0.15, 0.2) is 0 Å². The van der Waals surface area contributed by atoms with E-state index in [-0.39, 0.29) is 6.10 Å². The molecule has 0 spiro atoms. The van der Waals surface area contributed by atoms with Gasteiger partial charge in [-0.15, -0.1) is 0 Å². The van der Waals surface area contributed by atoms with Crippen LogP contribution in [0.3, 0.4) is 0 Å². The molecule has 0 aromatic heterocycles. The molecule has 0 saturated heterocycles. The summed E-state index contributed by atoms with van der Waals surface area (Å²) in [5.74, 6) is 0.722. The minimum atomic E-state index is 0.147. The molecule has 0 heterocycles. The second kappa shape index (κ2) is 6.36.